The number of rotatable bonds is 6. The first-order valence-corrected chi connectivity index (χ1v) is 15.6. The lowest BCUT2D eigenvalue weighted by Crippen LogP contribution is -2.36. The normalized spacial score (nSPS) is 16.4. The van der Waals surface area contributed by atoms with Gasteiger partial charge in [-0.25, -0.2) is 14.5 Å². The number of anilines is 1. The van der Waals surface area contributed by atoms with Gasteiger partial charge in [-0.15, -0.1) is 18.3 Å². The molecular formula is C33H31F3N6O2S. The summed E-state index contributed by atoms with van der Waals surface area (Å²) in [6.07, 6.45) is 0.319. The second kappa shape index (κ2) is 12.8. The Balaban J connectivity index is 1.16. The summed E-state index contributed by atoms with van der Waals surface area (Å²) in [7, 11) is 0. The SMILES string of the molecule is Cc1cccc(C)c1N1CCCSC1=NC(=O)NC1=C(c2ccc(-c3ncn(-c4ccc(OC(F)(F)F)cc4)n3)cc2)CCC1. The number of amides is 2. The van der Waals surface area contributed by atoms with E-state index in [1.807, 2.05) is 30.3 Å². The molecule has 45 heavy (non-hydrogen) atoms. The largest absolute Gasteiger partial charge is 0.573 e. The zero-order valence-corrected chi connectivity index (χ0v) is 25.6. The summed E-state index contributed by atoms with van der Waals surface area (Å²) in [4.78, 5) is 24.2. The number of halogens is 3. The Labute approximate surface area is 263 Å². The average Bonchev–Trinajstić information content (AvgIpc) is 3.68. The highest BCUT2D eigenvalue weighted by Gasteiger charge is 2.31. The monoisotopic (exact) mass is 632 g/mol. The van der Waals surface area contributed by atoms with Crippen LogP contribution < -0.4 is 15.0 Å². The molecule has 2 heterocycles. The van der Waals surface area contributed by atoms with Crippen molar-refractivity contribution in [1.82, 2.24) is 20.1 Å². The summed E-state index contributed by atoms with van der Waals surface area (Å²) < 4.78 is 42.8. The van der Waals surface area contributed by atoms with E-state index >= 15 is 0 Å². The van der Waals surface area contributed by atoms with E-state index in [1.165, 1.54) is 35.3 Å². The van der Waals surface area contributed by atoms with Crippen molar-refractivity contribution in [3.8, 4) is 22.8 Å². The number of ether oxygens (including phenoxy) is 1. The topological polar surface area (TPSA) is 84.6 Å². The number of hydrogen-bond donors (Lipinski definition) is 1. The molecular weight excluding hydrogens is 601 g/mol. The Kier molecular flexibility index (Phi) is 8.66. The third-order valence-corrected chi connectivity index (χ3v) is 8.75. The number of aliphatic imine (C=N–C) groups is 1. The van der Waals surface area contributed by atoms with Crippen LogP contribution in [0.25, 0.3) is 22.6 Å². The molecule has 6 rings (SSSR count). The molecule has 0 spiro atoms. The number of carbonyl (C=O) groups is 1. The first-order chi connectivity index (χ1) is 21.6. The van der Waals surface area contributed by atoms with E-state index in [0.717, 1.165) is 82.4 Å². The van der Waals surface area contributed by atoms with Gasteiger partial charge in [0.2, 0.25) is 0 Å². The average molecular weight is 633 g/mol. The molecule has 1 saturated heterocycles. The van der Waals surface area contributed by atoms with Crippen molar-refractivity contribution < 1.29 is 22.7 Å². The quantitative estimate of drug-likeness (QED) is 0.232. The number of aryl methyl sites for hydroxylation is 2. The van der Waals surface area contributed by atoms with Gasteiger partial charge in [0, 0.05) is 29.2 Å². The van der Waals surface area contributed by atoms with E-state index in [0.29, 0.717) is 11.5 Å². The zero-order valence-electron chi connectivity index (χ0n) is 24.8. The highest BCUT2D eigenvalue weighted by Crippen LogP contribution is 2.34. The number of nitrogens with one attached hydrogen (secondary N) is 1. The van der Waals surface area contributed by atoms with Crippen LogP contribution in [0.4, 0.5) is 23.7 Å². The molecule has 0 unspecified atom stereocenters. The predicted octanol–water partition coefficient (Wildman–Crippen LogP) is 8.05. The molecule has 4 aromatic rings. The number of carbonyl (C=O) groups excluding carboxylic acids is 1. The summed E-state index contributed by atoms with van der Waals surface area (Å²) >= 11 is 1.61. The standard InChI is InChI=1S/C33H31F3N6O2S/c1-21-6-3-7-22(2)29(21)41-18-5-19-45-32(41)39-31(43)38-28-9-4-8-27(28)23-10-12-24(13-11-23)30-37-20-42(40-30)25-14-16-26(17-15-25)44-33(34,35)36/h3,6-7,10-17,20H,4-5,8-9,18-19H2,1-2H3,(H,38,43). The minimum atomic E-state index is -4.75. The summed E-state index contributed by atoms with van der Waals surface area (Å²) in [5.74, 6) is 1.09. The molecule has 1 aromatic heterocycles. The van der Waals surface area contributed by atoms with Crippen LogP contribution >= 0.6 is 11.8 Å². The van der Waals surface area contributed by atoms with E-state index in [-0.39, 0.29) is 11.8 Å². The molecule has 1 fully saturated rings. The summed E-state index contributed by atoms with van der Waals surface area (Å²) in [5, 5.41) is 8.28. The molecule has 232 valence electrons. The summed E-state index contributed by atoms with van der Waals surface area (Å²) in [6.45, 7) is 4.99. The van der Waals surface area contributed by atoms with Gasteiger partial charge in [0.1, 0.15) is 12.1 Å². The molecule has 0 saturated carbocycles. The van der Waals surface area contributed by atoms with Gasteiger partial charge in [-0.1, -0.05) is 54.2 Å². The molecule has 8 nitrogen and oxygen atoms in total. The summed E-state index contributed by atoms with van der Waals surface area (Å²) in [6, 6.07) is 19.1. The van der Waals surface area contributed by atoms with Gasteiger partial charge in [0.15, 0.2) is 11.0 Å². The number of allylic oxidation sites excluding steroid dienone is 2. The number of amidine groups is 1. The second-order valence-electron chi connectivity index (χ2n) is 10.9. The number of benzene rings is 3. The van der Waals surface area contributed by atoms with Gasteiger partial charge in [0.05, 0.1) is 5.69 Å². The molecule has 3 aromatic carbocycles. The van der Waals surface area contributed by atoms with Crippen molar-refractivity contribution in [2.24, 2.45) is 4.99 Å². The van der Waals surface area contributed by atoms with Crippen molar-refractivity contribution in [2.75, 3.05) is 17.2 Å². The Hall–Kier alpha value is -4.58. The highest BCUT2D eigenvalue weighted by atomic mass is 32.2. The van der Waals surface area contributed by atoms with Crippen LogP contribution in [0.2, 0.25) is 0 Å². The number of urea groups is 1. The molecule has 1 aliphatic carbocycles. The van der Waals surface area contributed by atoms with Crippen LogP contribution in [-0.2, 0) is 0 Å². The molecule has 0 radical (unpaired) electrons. The minimum Gasteiger partial charge on any atom is -0.406 e. The Bertz CT molecular complexity index is 1740. The maximum atomic E-state index is 13.2. The van der Waals surface area contributed by atoms with Gasteiger partial charge < -0.3 is 15.0 Å². The maximum absolute atomic E-state index is 13.2. The fourth-order valence-electron chi connectivity index (χ4n) is 5.68. The molecule has 2 amide bonds. The van der Waals surface area contributed by atoms with Crippen LogP contribution in [-0.4, -0.2) is 44.6 Å². The molecule has 0 atom stereocenters. The van der Waals surface area contributed by atoms with Gasteiger partial charge in [-0.2, -0.15) is 4.99 Å². The van der Waals surface area contributed by atoms with Crippen molar-refractivity contribution in [1.29, 1.82) is 0 Å². The van der Waals surface area contributed by atoms with Gasteiger partial charge in [-0.3, -0.25) is 0 Å². The van der Waals surface area contributed by atoms with Crippen LogP contribution in [0.3, 0.4) is 0 Å². The van der Waals surface area contributed by atoms with E-state index in [1.54, 1.807) is 11.8 Å². The Morgan fingerprint density at radius 1 is 0.956 bits per heavy atom. The van der Waals surface area contributed by atoms with E-state index in [4.69, 9.17) is 0 Å². The smallest absolute Gasteiger partial charge is 0.406 e. The van der Waals surface area contributed by atoms with Crippen LogP contribution in [0, 0.1) is 13.8 Å². The number of alkyl halides is 3. The van der Waals surface area contributed by atoms with E-state index in [9.17, 15) is 18.0 Å². The molecule has 1 aliphatic heterocycles. The van der Waals surface area contributed by atoms with Gasteiger partial charge >= 0.3 is 12.4 Å². The fraction of sp³-hybridized carbons (Fsp3) is 0.273. The van der Waals surface area contributed by atoms with Crippen LogP contribution in [0.5, 0.6) is 5.75 Å². The Morgan fingerprint density at radius 3 is 2.38 bits per heavy atom. The van der Waals surface area contributed by atoms with Crippen LogP contribution in [0.15, 0.2) is 83.7 Å². The van der Waals surface area contributed by atoms with Crippen molar-refractivity contribution >= 4 is 34.2 Å². The van der Waals surface area contributed by atoms with Crippen LogP contribution in [0.1, 0.15) is 42.4 Å². The molecule has 2 aliphatic rings. The fourth-order valence-corrected chi connectivity index (χ4v) is 6.62. The Morgan fingerprint density at radius 2 is 1.67 bits per heavy atom. The second-order valence-corrected chi connectivity index (χ2v) is 11.9. The molecule has 0 bridgehead atoms. The third kappa shape index (κ3) is 7.06. The number of aromatic nitrogens is 3. The lowest BCUT2D eigenvalue weighted by atomic mass is 10.0. The lowest BCUT2D eigenvalue weighted by Gasteiger charge is -2.31. The minimum absolute atomic E-state index is 0.307. The summed E-state index contributed by atoms with van der Waals surface area (Å²) in [5.41, 5.74) is 7.73. The maximum Gasteiger partial charge on any atom is 0.573 e. The van der Waals surface area contributed by atoms with Crippen molar-refractivity contribution in [3.05, 3.63) is 95.4 Å². The zero-order chi connectivity index (χ0) is 31.6. The third-order valence-electron chi connectivity index (χ3n) is 7.69. The first kappa shape index (κ1) is 30.4. The van der Waals surface area contributed by atoms with Crippen molar-refractivity contribution in [2.45, 2.75) is 45.9 Å². The predicted molar refractivity (Wildman–Crippen MR) is 171 cm³/mol. The van der Waals surface area contributed by atoms with E-state index < -0.39 is 6.36 Å². The number of nitrogens with zero attached hydrogens (tertiary/aromatic N) is 5. The molecule has 12 heteroatoms. The van der Waals surface area contributed by atoms with Gasteiger partial charge in [-0.05, 0) is 86.1 Å². The number of thioether (sulfide) groups is 1. The van der Waals surface area contributed by atoms with Crippen molar-refractivity contribution in [3.63, 3.8) is 0 Å². The number of para-hydroxylation sites is 1. The number of hydrogen-bond acceptors (Lipinski definition) is 5. The van der Waals surface area contributed by atoms with Gasteiger partial charge in [0.25, 0.3) is 0 Å². The first-order valence-electron chi connectivity index (χ1n) is 14.6. The van der Waals surface area contributed by atoms with E-state index in [2.05, 4.69) is 56.0 Å². The molecule has 1 N–H and O–H groups in total. The highest BCUT2D eigenvalue weighted by molar-refractivity contribution is 8.14. The lowest BCUT2D eigenvalue weighted by molar-refractivity contribution is -0.274.